The van der Waals surface area contributed by atoms with Crippen LogP contribution >= 0.6 is 15.9 Å². The van der Waals surface area contributed by atoms with Crippen LogP contribution in [-0.4, -0.2) is 30.7 Å². The van der Waals surface area contributed by atoms with Gasteiger partial charge in [-0.2, -0.15) is 5.26 Å². The molecule has 1 fully saturated rings. The smallest absolute Gasteiger partial charge is 0.0991 e. The van der Waals surface area contributed by atoms with Crippen LogP contribution < -0.4 is 0 Å². The molecule has 0 N–H and O–H groups in total. The summed E-state index contributed by atoms with van der Waals surface area (Å²) in [6, 6.07) is 8.33. The highest BCUT2D eigenvalue weighted by Gasteiger charge is 2.19. The Labute approximate surface area is 110 Å². The fourth-order valence-corrected chi connectivity index (χ4v) is 2.35. The Balaban J connectivity index is 2.14. The van der Waals surface area contributed by atoms with Gasteiger partial charge in [-0.05, 0) is 30.7 Å². The Morgan fingerprint density at radius 1 is 1.59 bits per heavy atom. The van der Waals surface area contributed by atoms with Crippen LogP contribution in [0.3, 0.4) is 0 Å². The molecule has 0 aliphatic carbocycles. The molecule has 1 atom stereocenters. The average Bonchev–Trinajstić information content (AvgIpc) is 2.35. The number of ether oxygens (including phenoxy) is 1. The Hall–Kier alpha value is -0.890. The number of rotatable bonds is 2. The van der Waals surface area contributed by atoms with Gasteiger partial charge in [0.2, 0.25) is 0 Å². The van der Waals surface area contributed by atoms with Crippen molar-refractivity contribution < 1.29 is 4.74 Å². The monoisotopic (exact) mass is 294 g/mol. The van der Waals surface area contributed by atoms with Crippen LogP contribution in [0.2, 0.25) is 0 Å². The first kappa shape index (κ1) is 12.6. The predicted octanol–water partition coefficient (Wildman–Crippen LogP) is 2.54. The van der Waals surface area contributed by atoms with Crippen LogP contribution in [0.4, 0.5) is 0 Å². The van der Waals surface area contributed by atoms with Gasteiger partial charge >= 0.3 is 0 Å². The minimum Gasteiger partial charge on any atom is -0.379 e. The fourth-order valence-electron chi connectivity index (χ4n) is 1.98. The van der Waals surface area contributed by atoms with Gasteiger partial charge in [-0.15, -0.1) is 0 Å². The van der Waals surface area contributed by atoms with Crippen molar-refractivity contribution in [3.8, 4) is 6.07 Å². The first-order chi connectivity index (χ1) is 8.20. The van der Waals surface area contributed by atoms with Crippen molar-refractivity contribution in [3.63, 3.8) is 0 Å². The summed E-state index contributed by atoms with van der Waals surface area (Å²) in [5.41, 5.74) is 1.88. The Bertz CT molecular complexity index is 442. The molecule has 3 nitrogen and oxygen atoms in total. The molecule has 1 heterocycles. The molecule has 0 spiro atoms. The fraction of sp³-hybridized carbons (Fsp3) is 0.462. The highest BCUT2D eigenvalue weighted by atomic mass is 79.9. The zero-order chi connectivity index (χ0) is 12.3. The van der Waals surface area contributed by atoms with Crippen molar-refractivity contribution in [1.82, 2.24) is 4.90 Å². The quantitative estimate of drug-likeness (QED) is 0.841. The maximum atomic E-state index is 8.91. The third kappa shape index (κ3) is 3.06. The zero-order valence-corrected chi connectivity index (χ0v) is 11.4. The standard InChI is InChI=1S/C13H15BrN2O/c1-10-9-17-5-4-16(10)8-12-6-11(7-15)2-3-13(12)14/h2-3,6,10H,4-5,8-9H2,1H3/t10-/m0/s1. The second kappa shape index (κ2) is 5.63. The molecule has 0 bridgehead atoms. The van der Waals surface area contributed by atoms with E-state index in [0.717, 1.165) is 36.3 Å². The van der Waals surface area contributed by atoms with Gasteiger partial charge in [-0.25, -0.2) is 0 Å². The van der Waals surface area contributed by atoms with E-state index in [9.17, 15) is 0 Å². The molecule has 0 unspecified atom stereocenters. The molecular formula is C13H15BrN2O. The topological polar surface area (TPSA) is 36.3 Å². The van der Waals surface area contributed by atoms with Gasteiger partial charge in [0.25, 0.3) is 0 Å². The van der Waals surface area contributed by atoms with Crippen LogP contribution in [0.15, 0.2) is 22.7 Å². The van der Waals surface area contributed by atoms with E-state index in [1.54, 1.807) is 0 Å². The first-order valence-corrected chi connectivity index (χ1v) is 6.50. The number of halogens is 1. The van der Waals surface area contributed by atoms with Gasteiger partial charge in [-0.3, -0.25) is 4.90 Å². The minimum atomic E-state index is 0.432. The summed E-state index contributed by atoms with van der Waals surface area (Å²) in [5.74, 6) is 0. The van der Waals surface area contributed by atoms with E-state index < -0.39 is 0 Å². The zero-order valence-electron chi connectivity index (χ0n) is 9.82. The lowest BCUT2D eigenvalue weighted by Crippen LogP contribution is -2.42. The summed E-state index contributed by atoms with van der Waals surface area (Å²) in [5, 5.41) is 8.91. The molecule has 0 aromatic heterocycles. The lowest BCUT2D eigenvalue weighted by atomic mass is 10.1. The number of hydrogen-bond donors (Lipinski definition) is 0. The van der Waals surface area contributed by atoms with Crippen molar-refractivity contribution in [3.05, 3.63) is 33.8 Å². The summed E-state index contributed by atoms with van der Waals surface area (Å²) in [7, 11) is 0. The van der Waals surface area contributed by atoms with Crippen molar-refractivity contribution in [2.24, 2.45) is 0 Å². The van der Waals surface area contributed by atoms with E-state index in [-0.39, 0.29) is 0 Å². The third-order valence-electron chi connectivity index (χ3n) is 3.05. The van der Waals surface area contributed by atoms with Crippen LogP contribution in [0.5, 0.6) is 0 Å². The summed E-state index contributed by atoms with van der Waals surface area (Å²) < 4.78 is 6.48. The number of benzene rings is 1. The summed E-state index contributed by atoms with van der Waals surface area (Å²) in [4.78, 5) is 2.38. The molecule has 1 aliphatic heterocycles. The van der Waals surface area contributed by atoms with Crippen molar-refractivity contribution in [2.75, 3.05) is 19.8 Å². The van der Waals surface area contributed by atoms with Gasteiger partial charge < -0.3 is 4.74 Å². The largest absolute Gasteiger partial charge is 0.379 e. The van der Waals surface area contributed by atoms with Crippen LogP contribution in [-0.2, 0) is 11.3 Å². The maximum absolute atomic E-state index is 8.91. The maximum Gasteiger partial charge on any atom is 0.0991 e. The minimum absolute atomic E-state index is 0.432. The van der Waals surface area contributed by atoms with Gasteiger partial charge in [-0.1, -0.05) is 15.9 Å². The highest BCUT2D eigenvalue weighted by Crippen LogP contribution is 2.21. The first-order valence-electron chi connectivity index (χ1n) is 5.71. The highest BCUT2D eigenvalue weighted by molar-refractivity contribution is 9.10. The van der Waals surface area contributed by atoms with E-state index in [4.69, 9.17) is 10.00 Å². The molecule has 1 aromatic carbocycles. The second-order valence-electron chi connectivity index (χ2n) is 4.31. The number of morpholine rings is 1. The Morgan fingerprint density at radius 2 is 2.41 bits per heavy atom. The van der Waals surface area contributed by atoms with Gasteiger partial charge in [0, 0.05) is 23.6 Å². The Morgan fingerprint density at radius 3 is 3.12 bits per heavy atom. The van der Waals surface area contributed by atoms with Crippen molar-refractivity contribution in [1.29, 1.82) is 5.26 Å². The normalized spacial score (nSPS) is 21.1. The molecule has 17 heavy (non-hydrogen) atoms. The van der Waals surface area contributed by atoms with Crippen LogP contribution in [0, 0.1) is 11.3 Å². The third-order valence-corrected chi connectivity index (χ3v) is 3.83. The van der Waals surface area contributed by atoms with E-state index in [1.165, 1.54) is 0 Å². The van der Waals surface area contributed by atoms with E-state index in [1.807, 2.05) is 18.2 Å². The summed E-state index contributed by atoms with van der Waals surface area (Å²) in [6.07, 6.45) is 0. The molecule has 1 aromatic rings. The molecule has 4 heteroatoms. The molecule has 1 saturated heterocycles. The number of nitrogens with zero attached hydrogens (tertiary/aromatic N) is 2. The van der Waals surface area contributed by atoms with Crippen molar-refractivity contribution in [2.45, 2.75) is 19.5 Å². The van der Waals surface area contributed by atoms with Gasteiger partial charge in [0.05, 0.1) is 24.8 Å². The van der Waals surface area contributed by atoms with Crippen LogP contribution in [0.1, 0.15) is 18.1 Å². The summed E-state index contributed by atoms with van der Waals surface area (Å²) >= 11 is 3.54. The van der Waals surface area contributed by atoms with Gasteiger partial charge in [0.1, 0.15) is 0 Å². The molecule has 0 amide bonds. The van der Waals surface area contributed by atoms with Gasteiger partial charge in [0.15, 0.2) is 0 Å². The molecule has 0 radical (unpaired) electrons. The van der Waals surface area contributed by atoms with E-state index >= 15 is 0 Å². The molecular weight excluding hydrogens is 280 g/mol. The molecule has 0 saturated carbocycles. The molecule has 90 valence electrons. The van der Waals surface area contributed by atoms with E-state index in [2.05, 4.69) is 33.8 Å². The lowest BCUT2D eigenvalue weighted by molar-refractivity contribution is -0.00445. The Kier molecular flexibility index (Phi) is 4.16. The second-order valence-corrected chi connectivity index (χ2v) is 5.17. The number of hydrogen-bond acceptors (Lipinski definition) is 3. The number of nitriles is 1. The molecule has 1 aliphatic rings. The molecule has 2 rings (SSSR count). The lowest BCUT2D eigenvalue weighted by Gasteiger charge is -2.33. The van der Waals surface area contributed by atoms with Crippen molar-refractivity contribution >= 4 is 15.9 Å². The van der Waals surface area contributed by atoms with Crippen LogP contribution in [0.25, 0.3) is 0 Å². The average molecular weight is 295 g/mol. The summed E-state index contributed by atoms with van der Waals surface area (Å²) in [6.45, 7) is 5.56. The SMILES string of the molecule is C[C@H]1COCCN1Cc1cc(C#N)ccc1Br. The van der Waals surface area contributed by atoms with E-state index in [0.29, 0.717) is 11.6 Å². The predicted molar refractivity (Wildman–Crippen MR) is 69.5 cm³/mol.